The molecule has 6 nitrogen and oxygen atoms in total. The van der Waals surface area contributed by atoms with Gasteiger partial charge in [-0.1, -0.05) is 29.8 Å². The van der Waals surface area contributed by atoms with Crippen molar-refractivity contribution in [3.05, 3.63) is 64.9 Å². The summed E-state index contributed by atoms with van der Waals surface area (Å²) in [6.07, 6.45) is -2.90. The molecule has 27 heavy (non-hydrogen) atoms. The average molecular weight is 400 g/mol. The predicted molar refractivity (Wildman–Crippen MR) is 88.9 cm³/mol. The number of carbonyl (C=O) groups is 2. The fourth-order valence-corrected chi connectivity index (χ4v) is 3.27. The van der Waals surface area contributed by atoms with Crippen molar-refractivity contribution in [2.75, 3.05) is 0 Å². The van der Waals surface area contributed by atoms with Gasteiger partial charge in [-0.15, -0.1) is 0 Å². The number of alkyl halides is 3. The Morgan fingerprint density at radius 1 is 1.22 bits per heavy atom. The van der Waals surface area contributed by atoms with Crippen LogP contribution in [0.1, 0.15) is 22.0 Å². The highest BCUT2D eigenvalue weighted by Gasteiger charge is 2.66. The molecular formula is C17H13ClF3N3O3. The van der Waals surface area contributed by atoms with Crippen molar-refractivity contribution in [1.82, 2.24) is 15.6 Å². The maximum atomic E-state index is 13.7. The predicted octanol–water partition coefficient (Wildman–Crippen LogP) is 2.84. The lowest BCUT2D eigenvalue weighted by Gasteiger charge is -2.45. The Kier molecular flexibility index (Phi) is 4.83. The van der Waals surface area contributed by atoms with Crippen LogP contribution in [0.25, 0.3) is 0 Å². The second-order valence-corrected chi connectivity index (χ2v) is 6.35. The number of carbonyl (C=O) groups excluding carboxylic acids is 2. The first-order chi connectivity index (χ1) is 12.6. The molecule has 3 N–H and O–H groups in total. The number of nitrogens with one attached hydrogen (secondary N) is 2. The van der Waals surface area contributed by atoms with Crippen LogP contribution in [-0.2, 0) is 0 Å². The minimum Gasteiger partial charge on any atom is -0.363 e. The lowest BCUT2D eigenvalue weighted by molar-refractivity contribution is -0.287. The van der Waals surface area contributed by atoms with E-state index in [-0.39, 0.29) is 16.1 Å². The Balaban J connectivity index is 2.19. The van der Waals surface area contributed by atoms with Gasteiger partial charge in [0, 0.05) is 23.0 Å². The highest BCUT2D eigenvalue weighted by molar-refractivity contribution is 6.31. The van der Waals surface area contributed by atoms with Crippen molar-refractivity contribution in [2.45, 2.75) is 17.9 Å². The van der Waals surface area contributed by atoms with E-state index in [9.17, 15) is 27.9 Å². The highest BCUT2D eigenvalue weighted by atomic mass is 35.5. The zero-order chi connectivity index (χ0) is 19.8. The van der Waals surface area contributed by atoms with Crippen LogP contribution in [0.2, 0.25) is 5.02 Å². The molecule has 0 bridgehead atoms. The van der Waals surface area contributed by atoms with Crippen LogP contribution >= 0.6 is 11.6 Å². The van der Waals surface area contributed by atoms with Gasteiger partial charge in [0.15, 0.2) is 5.78 Å². The first kappa shape index (κ1) is 19.1. The van der Waals surface area contributed by atoms with E-state index in [1.54, 1.807) is 6.07 Å². The van der Waals surface area contributed by atoms with Crippen LogP contribution in [0, 0.1) is 5.92 Å². The minimum atomic E-state index is -5.33. The number of urea groups is 1. The molecule has 142 valence electrons. The number of pyridine rings is 1. The van der Waals surface area contributed by atoms with Crippen LogP contribution in [0.15, 0.2) is 48.8 Å². The summed E-state index contributed by atoms with van der Waals surface area (Å²) in [5, 5.41) is 14.2. The molecule has 0 radical (unpaired) electrons. The number of amides is 2. The van der Waals surface area contributed by atoms with E-state index in [1.165, 1.54) is 41.8 Å². The molecule has 0 aliphatic carbocycles. The van der Waals surface area contributed by atoms with E-state index in [4.69, 9.17) is 11.6 Å². The SMILES string of the molecule is O=C1N[C@@H](c2ccccc2Cl)[C@@H](C(=O)c2cccnc2)[C@](O)(C(F)(F)F)N1. The summed E-state index contributed by atoms with van der Waals surface area (Å²) >= 11 is 6.07. The van der Waals surface area contributed by atoms with Gasteiger partial charge < -0.3 is 15.7 Å². The van der Waals surface area contributed by atoms with Crippen LogP contribution in [0.4, 0.5) is 18.0 Å². The van der Waals surface area contributed by atoms with E-state index in [0.717, 1.165) is 6.20 Å². The number of ketones is 1. The molecule has 1 fully saturated rings. The quantitative estimate of drug-likeness (QED) is 0.692. The van der Waals surface area contributed by atoms with Crippen molar-refractivity contribution < 1.29 is 27.9 Å². The van der Waals surface area contributed by atoms with Crippen molar-refractivity contribution in [1.29, 1.82) is 0 Å². The second-order valence-electron chi connectivity index (χ2n) is 5.95. The third-order valence-electron chi connectivity index (χ3n) is 4.28. The number of aliphatic hydroxyl groups is 1. The average Bonchev–Trinajstić information content (AvgIpc) is 2.61. The molecule has 1 aliphatic heterocycles. The molecule has 2 aromatic rings. The van der Waals surface area contributed by atoms with Gasteiger partial charge in [-0.2, -0.15) is 13.2 Å². The Bertz CT molecular complexity index is 878. The van der Waals surface area contributed by atoms with E-state index in [0.29, 0.717) is 0 Å². The summed E-state index contributed by atoms with van der Waals surface area (Å²) < 4.78 is 41.2. The summed E-state index contributed by atoms with van der Waals surface area (Å²) in [6, 6.07) is 5.66. The molecule has 1 aromatic carbocycles. The largest absolute Gasteiger partial charge is 0.437 e. The lowest BCUT2D eigenvalue weighted by atomic mass is 9.77. The molecule has 0 spiro atoms. The van der Waals surface area contributed by atoms with Gasteiger partial charge in [0.1, 0.15) is 5.92 Å². The van der Waals surface area contributed by atoms with Crippen LogP contribution in [0.5, 0.6) is 0 Å². The Morgan fingerprint density at radius 2 is 1.93 bits per heavy atom. The zero-order valence-corrected chi connectivity index (χ0v) is 14.3. The Morgan fingerprint density at radius 3 is 2.52 bits per heavy atom. The van der Waals surface area contributed by atoms with Gasteiger partial charge >= 0.3 is 12.2 Å². The maximum Gasteiger partial charge on any atom is 0.437 e. The van der Waals surface area contributed by atoms with Crippen LogP contribution in [0.3, 0.4) is 0 Å². The van der Waals surface area contributed by atoms with Crippen molar-refractivity contribution in [2.24, 2.45) is 5.92 Å². The van der Waals surface area contributed by atoms with Gasteiger partial charge in [0.2, 0.25) is 5.72 Å². The first-order valence-corrected chi connectivity index (χ1v) is 8.09. The molecule has 3 rings (SSSR count). The summed E-state index contributed by atoms with van der Waals surface area (Å²) in [6.45, 7) is 0. The third-order valence-corrected chi connectivity index (χ3v) is 4.62. The number of hydrogen-bond donors (Lipinski definition) is 3. The molecule has 2 heterocycles. The number of Topliss-reactive ketones (excluding diaryl/α,β-unsaturated/α-hetero) is 1. The summed E-state index contributed by atoms with van der Waals surface area (Å²) in [4.78, 5) is 28.5. The van der Waals surface area contributed by atoms with Gasteiger partial charge in [0.05, 0.1) is 6.04 Å². The number of benzene rings is 1. The zero-order valence-electron chi connectivity index (χ0n) is 13.5. The normalized spacial score (nSPS) is 25.4. The van der Waals surface area contributed by atoms with Crippen LogP contribution < -0.4 is 10.6 Å². The fraction of sp³-hybridized carbons (Fsp3) is 0.235. The summed E-state index contributed by atoms with van der Waals surface area (Å²) in [7, 11) is 0. The van der Waals surface area contributed by atoms with Gasteiger partial charge in [-0.3, -0.25) is 9.78 Å². The van der Waals surface area contributed by atoms with E-state index in [1.807, 2.05) is 0 Å². The Hall–Kier alpha value is -2.65. The fourth-order valence-electron chi connectivity index (χ4n) is 3.01. The van der Waals surface area contributed by atoms with Gasteiger partial charge in [-0.25, -0.2) is 4.79 Å². The highest BCUT2D eigenvalue weighted by Crippen LogP contribution is 2.44. The number of halogens is 4. The topological polar surface area (TPSA) is 91.3 Å². The number of nitrogens with zero attached hydrogens (tertiary/aromatic N) is 1. The molecule has 0 unspecified atom stereocenters. The molecule has 0 saturated carbocycles. The molecule has 10 heteroatoms. The molecule has 1 saturated heterocycles. The van der Waals surface area contributed by atoms with Crippen molar-refractivity contribution in [3.63, 3.8) is 0 Å². The molecule has 1 aliphatic rings. The summed E-state index contributed by atoms with van der Waals surface area (Å²) in [5.41, 5.74) is -3.88. The number of aromatic nitrogens is 1. The maximum absolute atomic E-state index is 13.7. The van der Waals surface area contributed by atoms with E-state index in [2.05, 4.69) is 10.3 Å². The van der Waals surface area contributed by atoms with Crippen LogP contribution in [-0.4, -0.2) is 33.8 Å². The monoisotopic (exact) mass is 399 g/mol. The van der Waals surface area contributed by atoms with E-state index < -0.39 is 35.7 Å². The van der Waals surface area contributed by atoms with Gasteiger partial charge in [-0.05, 0) is 23.8 Å². The second kappa shape index (κ2) is 6.82. The standard InChI is InChI=1S/C17H13ClF3N3O3/c18-11-6-2-1-5-10(11)13-12(14(25)9-4-3-7-22-8-9)16(27,17(19,20)21)24-15(26)23-13/h1-8,12-13,27H,(H2,23,24,26)/t12-,13-,16-/m0/s1. The number of rotatable bonds is 3. The smallest absolute Gasteiger partial charge is 0.363 e. The Labute approximate surface area is 156 Å². The molecule has 3 atom stereocenters. The lowest BCUT2D eigenvalue weighted by Crippen LogP contribution is -2.72. The van der Waals surface area contributed by atoms with Crippen molar-refractivity contribution in [3.8, 4) is 0 Å². The minimum absolute atomic E-state index is 0.0400. The molecule has 1 aromatic heterocycles. The van der Waals surface area contributed by atoms with Crippen molar-refractivity contribution >= 4 is 23.4 Å². The first-order valence-electron chi connectivity index (χ1n) is 7.71. The van der Waals surface area contributed by atoms with Gasteiger partial charge in [0.25, 0.3) is 0 Å². The number of hydrogen-bond acceptors (Lipinski definition) is 4. The van der Waals surface area contributed by atoms with E-state index >= 15 is 0 Å². The molecular weight excluding hydrogens is 387 g/mol. The molecule has 2 amide bonds. The summed E-state index contributed by atoms with van der Waals surface area (Å²) in [5.74, 6) is -3.19. The third kappa shape index (κ3) is 3.35.